The van der Waals surface area contributed by atoms with Crippen molar-refractivity contribution in [1.29, 1.82) is 5.26 Å². The highest BCUT2D eigenvalue weighted by Gasteiger charge is 2.28. The monoisotopic (exact) mass is 283 g/mol. The fourth-order valence-corrected chi connectivity index (χ4v) is 2.59. The molecule has 0 bridgehead atoms. The lowest BCUT2D eigenvalue weighted by molar-refractivity contribution is -0.680. The third-order valence-corrected chi connectivity index (χ3v) is 3.63. The third kappa shape index (κ3) is 1.91. The maximum absolute atomic E-state index is 12.5. The summed E-state index contributed by atoms with van der Waals surface area (Å²) in [5, 5.41) is 17.6. The summed E-state index contributed by atoms with van der Waals surface area (Å²) < 4.78 is 3.35. The van der Waals surface area contributed by atoms with Crippen LogP contribution in [-0.4, -0.2) is 14.6 Å². The maximum atomic E-state index is 12.5. The molecule has 0 aliphatic carbocycles. The van der Waals surface area contributed by atoms with Gasteiger partial charge in [-0.15, -0.1) is 4.40 Å². The van der Waals surface area contributed by atoms with Crippen molar-refractivity contribution in [3.05, 3.63) is 33.4 Å². The second kappa shape index (κ2) is 5.05. The SMILES string of the molecule is CCCCC[n+]1c2c(c(=O)n3c(C)nnc31)=NC=C2C#N. The van der Waals surface area contributed by atoms with Crippen molar-refractivity contribution in [3.63, 3.8) is 0 Å². The molecule has 1 aliphatic rings. The van der Waals surface area contributed by atoms with Gasteiger partial charge in [-0.05, 0) is 11.5 Å². The van der Waals surface area contributed by atoms with E-state index in [1.165, 1.54) is 10.6 Å². The van der Waals surface area contributed by atoms with Crippen LogP contribution >= 0.6 is 0 Å². The minimum absolute atomic E-state index is 0.268. The second-order valence-electron chi connectivity index (χ2n) is 5.03. The molecule has 0 saturated heterocycles. The minimum atomic E-state index is -0.268. The van der Waals surface area contributed by atoms with Crippen LogP contribution in [0, 0.1) is 18.3 Å². The molecule has 0 unspecified atom stereocenters. The zero-order valence-electron chi connectivity index (χ0n) is 12.0. The Bertz CT molecular complexity index is 902. The topological polar surface area (TPSA) is 87.3 Å². The standard InChI is InChI=1S/C14H15N6O/c1-3-4-5-6-19-12-10(7-15)8-16-11(12)13(21)20-9(2)17-18-14(19)20/h8H,3-6H2,1-2H3/q+1. The van der Waals surface area contributed by atoms with E-state index in [2.05, 4.69) is 28.2 Å². The quantitative estimate of drug-likeness (QED) is 0.588. The molecule has 21 heavy (non-hydrogen) atoms. The molecule has 1 aliphatic heterocycles. The first-order valence-corrected chi connectivity index (χ1v) is 6.99. The number of aryl methyl sites for hydroxylation is 2. The van der Waals surface area contributed by atoms with Crippen molar-refractivity contribution in [2.24, 2.45) is 4.99 Å². The van der Waals surface area contributed by atoms with Crippen LogP contribution in [0.4, 0.5) is 0 Å². The molecule has 3 rings (SSSR count). The lowest BCUT2D eigenvalue weighted by Gasteiger charge is -2.05. The Balaban J connectivity index is 2.31. The van der Waals surface area contributed by atoms with Gasteiger partial charge in [-0.1, -0.05) is 19.8 Å². The Hall–Kier alpha value is -2.62. The zero-order chi connectivity index (χ0) is 15.0. The van der Waals surface area contributed by atoms with Crippen LogP contribution in [0.25, 0.3) is 11.4 Å². The van der Waals surface area contributed by atoms with Crippen molar-refractivity contribution >= 4 is 11.4 Å². The summed E-state index contributed by atoms with van der Waals surface area (Å²) in [4.78, 5) is 16.6. The Morgan fingerprint density at radius 1 is 1.38 bits per heavy atom. The normalized spacial score (nSPS) is 12.9. The smallest absolute Gasteiger partial charge is 0.248 e. The van der Waals surface area contributed by atoms with E-state index >= 15 is 0 Å². The van der Waals surface area contributed by atoms with Gasteiger partial charge in [-0.3, -0.25) is 0 Å². The number of nitriles is 1. The van der Waals surface area contributed by atoms with E-state index < -0.39 is 0 Å². The van der Waals surface area contributed by atoms with Gasteiger partial charge in [0.05, 0.1) is 6.54 Å². The molecule has 3 heterocycles. The summed E-state index contributed by atoms with van der Waals surface area (Å²) in [5.74, 6) is 1.01. The van der Waals surface area contributed by atoms with Crippen molar-refractivity contribution < 1.29 is 4.57 Å². The third-order valence-electron chi connectivity index (χ3n) is 3.63. The number of allylic oxidation sites excluding steroid dienone is 1. The van der Waals surface area contributed by atoms with Crippen LogP contribution in [0.3, 0.4) is 0 Å². The summed E-state index contributed by atoms with van der Waals surface area (Å²) in [5.41, 5.74) is 0.705. The predicted molar refractivity (Wildman–Crippen MR) is 74.1 cm³/mol. The lowest BCUT2D eigenvalue weighted by atomic mass is 10.2. The Kier molecular flexibility index (Phi) is 3.22. The molecule has 106 valence electrons. The molecule has 0 aromatic carbocycles. The number of unbranched alkanes of at least 4 members (excludes halogenated alkanes) is 2. The molecule has 0 N–H and O–H groups in total. The molecule has 0 fully saturated rings. The Morgan fingerprint density at radius 2 is 2.19 bits per heavy atom. The van der Waals surface area contributed by atoms with Crippen molar-refractivity contribution in [2.75, 3.05) is 0 Å². The maximum Gasteiger partial charge on any atom is 0.431 e. The average molecular weight is 283 g/mol. The summed E-state index contributed by atoms with van der Waals surface area (Å²) in [6, 6.07) is 2.10. The number of hydrogen-bond donors (Lipinski definition) is 0. The lowest BCUT2D eigenvalue weighted by Crippen LogP contribution is -2.51. The van der Waals surface area contributed by atoms with Crippen molar-refractivity contribution in [2.45, 2.75) is 39.7 Å². The second-order valence-corrected chi connectivity index (χ2v) is 5.03. The van der Waals surface area contributed by atoms with Gasteiger partial charge in [-0.25, -0.2) is 14.4 Å². The van der Waals surface area contributed by atoms with Gasteiger partial charge in [0, 0.05) is 18.2 Å². The van der Waals surface area contributed by atoms with Crippen molar-refractivity contribution in [1.82, 2.24) is 14.6 Å². The molecule has 7 nitrogen and oxygen atoms in total. The molecule has 0 spiro atoms. The van der Waals surface area contributed by atoms with E-state index in [1.807, 2.05) is 4.57 Å². The summed E-state index contributed by atoms with van der Waals surface area (Å²) in [6.07, 6.45) is 4.56. The molecule has 0 radical (unpaired) electrons. The highest BCUT2D eigenvalue weighted by atomic mass is 16.1. The molecular formula is C14H15N6O+. The summed E-state index contributed by atoms with van der Waals surface area (Å²) >= 11 is 0. The summed E-state index contributed by atoms with van der Waals surface area (Å²) in [7, 11) is 0. The summed E-state index contributed by atoms with van der Waals surface area (Å²) in [6.45, 7) is 4.55. The number of fused-ring (bicyclic) bond motifs is 2. The highest BCUT2D eigenvalue weighted by Crippen LogP contribution is 2.10. The molecule has 0 atom stereocenters. The van der Waals surface area contributed by atoms with Gasteiger partial charge >= 0.3 is 11.3 Å². The molecule has 0 amide bonds. The average Bonchev–Trinajstić information content (AvgIpc) is 3.07. The van der Waals surface area contributed by atoms with Crippen LogP contribution in [0.15, 0.2) is 16.0 Å². The van der Waals surface area contributed by atoms with Gasteiger partial charge < -0.3 is 0 Å². The Morgan fingerprint density at radius 3 is 2.90 bits per heavy atom. The van der Waals surface area contributed by atoms with Crippen LogP contribution in [0.1, 0.15) is 37.7 Å². The van der Waals surface area contributed by atoms with Crippen LogP contribution in [0.2, 0.25) is 0 Å². The van der Waals surface area contributed by atoms with Gasteiger partial charge in [0.1, 0.15) is 11.6 Å². The van der Waals surface area contributed by atoms with E-state index in [0.717, 1.165) is 19.3 Å². The van der Waals surface area contributed by atoms with Gasteiger partial charge in [0.25, 0.3) is 0 Å². The van der Waals surface area contributed by atoms with Gasteiger partial charge in [-0.2, -0.15) is 5.26 Å². The first-order valence-electron chi connectivity index (χ1n) is 6.99. The molecule has 7 heteroatoms. The number of rotatable bonds is 4. The van der Waals surface area contributed by atoms with Crippen molar-refractivity contribution in [3.8, 4) is 6.07 Å². The van der Waals surface area contributed by atoms with E-state index in [-0.39, 0.29) is 5.56 Å². The van der Waals surface area contributed by atoms with Gasteiger partial charge in [0.2, 0.25) is 5.82 Å². The number of hydrogen-bond acceptors (Lipinski definition) is 5. The first kappa shape index (κ1) is 13.4. The van der Waals surface area contributed by atoms with E-state index in [9.17, 15) is 10.1 Å². The van der Waals surface area contributed by atoms with E-state index in [1.54, 1.807) is 6.92 Å². The Labute approximate surface area is 120 Å². The largest absolute Gasteiger partial charge is 0.431 e. The van der Waals surface area contributed by atoms with E-state index in [0.29, 0.717) is 34.8 Å². The van der Waals surface area contributed by atoms with Crippen LogP contribution in [0.5, 0.6) is 0 Å². The number of aromatic nitrogens is 4. The fourth-order valence-electron chi connectivity index (χ4n) is 2.59. The predicted octanol–water partition coefficient (Wildman–Crippen LogP) is 0.0922. The van der Waals surface area contributed by atoms with Gasteiger partial charge in [0.15, 0.2) is 11.1 Å². The number of nitrogens with zero attached hydrogens (tertiary/aromatic N) is 6. The van der Waals surface area contributed by atoms with Crippen LogP contribution in [-0.2, 0) is 6.54 Å². The minimum Gasteiger partial charge on any atom is -0.248 e. The van der Waals surface area contributed by atoms with E-state index in [4.69, 9.17) is 0 Å². The molecule has 2 aromatic rings. The zero-order valence-corrected chi connectivity index (χ0v) is 12.0. The molecular weight excluding hydrogens is 268 g/mol. The molecule has 2 aromatic heterocycles. The van der Waals surface area contributed by atoms with Crippen LogP contribution < -0.4 is 15.5 Å². The first-order chi connectivity index (χ1) is 10.2. The fraction of sp³-hybridized carbons (Fsp3) is 0.429. The molecule has 0 saturated carbocycles. The highest BCUT2D eigenvalue weighted by molar-refractivity contribution is 5.74.